The Morgan fingerprint density at radius 3 is 1.46 bits per heavy atom. The molecule has 0 bridgehead atoms. The summed E-state index contributed by atoms with van der Waals surface area (Å²) in [6, 6.07) is 30.6. The van der Waals surface area contributed by atoms with Gasteiger partial charge in [-0.3, -0.25) is 0 Å². The van der Waals surface area contributed by atoms with Gasteiger partial charge in [-0.05, 0) is 23.1 Å². The van der Waals surface area contributed by atoms with E-state index in [2.05, 4.69) is 36.4 Å². The molecule has 3 aromatic carbocycles. The lowest BCUT2D eigenvalue weighted by atomic mass is 9.80. The Bertz CT molecular complexity index is 678. The number of aliphatic hydroxyl groups excluding tert-OH is 1. The largest absolute Gasteiger partial charge is 0.392 e. The number of rotatable bonds is 8. The fourth-order valence-electron chi connectivity index (χ4n) is 3.23. The molecule has 0 saturated carbocycles. The summed E-state index contributed by atoms with van der Waals surface area (Å²) in [5.74, 6) is 0. The zero-order valence-electron chi connectivity index (χ0n) is 14.8. The van der Waals surface area contributed by atoms with Crippen LogP contribution in [0.4, 0.5) is 0 Å². The fourth-order valence-corrected chi connectivity index (χ4v) is 3.23. The zero-order chi connectivity index (χ0) is 18.2. The van der Waals surface area contributed by atoms with E-state index >= 15 is 0 Å². The van der Waals surface area contributed by atoms with E-state index in [4.69, 9.17) is 10.5 Å². The summed E-state index contributed by atoms with van der Waals surface area (Å²) in [7, 11) is 0. The van der Waals surface area contributed by atoms with Gasteiger partial charge in [0.1, 0.15) is 5.60 Å². The van der Waals surface area contributed by atoms with Crippen molar-refractivity contribution in [3.8, 4) is 0 Å². The molecular weight excluding hydrogens is 322 g/mol. The van der Waals surface area contributed by atoms with E-state index in [1.807, 2.05) is 54.6 Å². The van der Waals surface area contributed by atoms with Crippen LogP contribution < -0.4 is 5.73 Å². The standard InChI is InChI=1S/C23H25NO2/c24-18-22(25)16-17-26-23(19-10-4-1-5-11-19,20-12-6-2-7-13-20)21-14-8-3-9-15-21/h1-15,22,25H,16-18,24H2. The van der Waals surface area contributed by atoms with E-state index in [9.17, 15) is 5.11 Å². The van der Waals surface area contributed by atoms with Crippen LogP contribution in [0, 0.1) is 0 Å². The van der Waals surface area contributed by atoms with Crippen molar-refractivity contribution in [3.63, 3.8) is 0 Å². The molecule has 0 fully saturated rings. The molecule has 26 heavy (non-hydrogen) atoms. The lowest BCUT2D eigenvalue weighted by molar-refractivity contribution is -0.00412. The summed E-state index contributed by atoms with van der Waals surface area (Å²) < 4.78 is 6.54. The second-order valence-corrected chi connectivity index (χ2v) is 6.31. The molecule has 3 rings (SSSR count). The molecule has 0 aliphatic carbocycles. The summed E-state index contributed by atoms with van der Waals surface area (Å²) in [6.07, 6.45) is -0.0693. The van der Waals surface area contributed by atoms with Gasteiger partial charge in [0.05, 0.1) is 12.7 Å². The summed E-state index contributed by atoms with van der Waals surface area (Å²) in [4.78, 5) is 0. The van der Waals surface area contributed by atoms with Crippen LogP contribution in [0.15, 0.2) is 91.0 Å². The Balaban J connectivity index is 2.11. The van der Waals surface area contributed by atoms with Crippen LogP contribution in [0.5, 0.6) is 0 Å². The van der Waals surface area contributed by atoms with Crippen LogP contribution >= 0.6 is 0 Å². The van der Waals surface area contributed by atoms with Gasteiger partial charge in [0.15, 0.2) is 0 Å². The Hall–Kier alpha value is -2.46. The highest BCUT2D eigenvalue weighted by Gasteiger charge is 2.37. The van der Waals surface area contributed by atoms with E-state index in [0.717, 1.165) is 16.7 Å². The number of hydrogen-bond acceptors (Lipinski definition) is 3. The van der Waals surface area contributed by atoms with Crippen LogP contribution in [0.25, 0.3) is 0 Å². The van der Waals surface area contributed by atoms with Crippen LogP contribution in [-0.2, 0) is 10.3 Å². The van der Waals surface area contributed by atoms with E-state index in [1.165, 1.54) is 0 Å². The molecule has 3 heteroatoms. The third kappa shape index (κ3) is 3.86. The summed E-state index contributed by atoms with van der Waals surface area (Å²) in [5, 5.41) is 9.86. The molecule has 0 aromatic heterocycles. The number of nitrogens with two attached hydrogens (primary N) is 1. The zero-order valence-corrected chi connectivity index (χ0v) is 14.8. The Kier molecular flexibility index (Phi) is 6.18. The molecule has 0 radical (unpaired) electrons. The highest BCUT2D eigenvalue weighted by Crippen LogP contribution is 2.40. The van der Waals surface area contributed by atoms with Crippen LogP contribution in [-0.4, -0.2) is 24.4 Å². The van der Waals surface area contributed by atoms with Crippen molar-refractivity contribution in [2.24, 2.45) is 5.73 Å². The summed E-state index contributed by atoms with van der Waals surface area (Å²) in [6.45, 7) is 0.634. The van der Waals surface area contributed by atoms with Crippen LogP contribution in [0.3, 0.4) is 0 Å². The third-order valence-electron chi connectivity index (χ3n) is 4.58. The molecule has 3 N–H and O–H groups in total. The molecule has 0 saturated heterocycles. The van der Waals surface area contributed by atoms with Crippen molar-refractivity contribution >= 4 is 0 Å². The molecule has 0 heterocycles. The monoisotopic (exact) mass is 347 g/mol. The van der Waals surface area contributed by atoms with Crippen LogP contribution in [0.1, 0.15) is 23.1 Å². The van der Waals surface area contributed by atoms with Crippen molar-refractivity contribution in [1.29, 1.82) is 0 Å². The Morgan fingerprint density at radius 2 is 1.12 bits per heavy atom. The van der Waals surface area contributed by atoms with Gasteiger partial charge in [0.2, 0.25) is 0 Å². The van der Waals surface area contributed by atoms with Gasteiger partial charge < -0.3 is 15.6 Å². The van der Waals surface area contributed by atoms with E-state index in [1.54, 1.807) is 0 Å². The molecule has 1 unspecified atom stereocenters. The minimum atomic E-state index is -0.738. The lowest BCUT2D eigenvalue weighted by Crippen LogP contribution is -2.34. The summed E-state index contributed by atoms with van der Waals surface area (Å²) in [5.41, 5.74) is 7.98. The number of benzene rings is 3. The minimum Gasteiger partial charge on any atom is -0.392 e. The normalized spacial score (nSPS) is 12.7. The lowest BCUT2D eigenvalue weighted by Gasteiger charge is -2.36. The first-order valence-electron chi connectivity index (χ1n) is 8.96. The van der Waals surface area contributed by atoms with E-state index in [-0.39, 0.29) is 6.54 Å². The van der Waals surface area contributed by atoms with Crippen molar-refractivity contribution in [2.45, 2.75) is 18.1 Å². The fraction of sp³-hybridized carbons (Fsp3) is 0.217. The first kappa shape index (κ1) is 18.3. The average Bonchev–Trinajstić information content (AvgIpc) is 2.73. The topological polar surface area (TPSA) is 55.5 Å². The smallest absolute Gasteiger partial charge is 0.143 e. The second-order valence-electron chi connectivity index (χ2n) is 6.31. The van der Waals surface area contributed by atoms with Gasteiger partial charge in [0, 0.05) is 6.54 Å². The quantitative estimate of drug-likeness (QED) is 0.611. The van der Waals surface area contributed by atoms with Gasteiger partial charge >= 0.3 is 0 Å². The molecule has 0 amide bonds. The van der Waals surface area contributed by atoms with Gasteiger partial charge in [-0.1, -0.05) is 91.0 Å². The molecule has 3 aromatic rings. The highest BCUT2D eigenvalue weighted by molar-refractivity contribution is 5.47. The number of ether oxygens (including phenoxy) is 1. The SMILES string of the molecule is NCC(O)CCOC(c1ccccc1)(c1ccccc1)c1ccccc1. The molecular formula is C23H25NO2. The van der Waals surface area contributed by atoms with E-state index in [0.29, 0.717) is 13.0 Å². The van der Waals surface area contributed by atoms with Gasteiger partial charge in [0.25, 0.3) is 0 Å². The summed E-state index contributed by atoms with van der Waals surface area (Å²) >= 11 is 0. The van der Waals surface area contributed by atoms with E-state index < -0.39 is 11.7 Å². The van der Waals surface area contributed by atoms with Crippen molar-refractivity contribution < 1.29 is 9.84 Å². The maximum absolute atomic E-state index is 9.86. The predicted molar refractivity (Wildman–Crippen MR) is 105 cm³/mol. The first-order valence-corrected chi connectivity index (χ1v) is 8.96. The number of aliphatic hydroxyl groups is 1. The first-order chi connectivity index (χ1) is 12.8. The molecule has 0 aliphatic heterocycles. The molecule has 134 valence electrons. The average molecular weight is 347 g/mol. The van der Waals surface area contributed by atoms with Gasteiger partial charge in [-0.25, -0.2) is 0 Å². The molecule has 0 spiro atoms. The second kappa shape index (κ2) is 8.77. The van der Waals surface area contributed by atoms with Gasteiger partial charge in [-0.15, -0.1) is 0 Å². The van der Waals surface area contributed by atoms with Crippen molar-refractivity contribution in [2.75, 3.05) is 13.2 Å². The maximum atomic E-state index is 9.86. The van der Waals surface area contributed by atoms with Crippen LogP contribution in [0.2, 0.25) is 0 Å². The predicted octanol–water partition coefficient (Wildman–Crippen LogP) is 3.70. The Morgan fingerprint density at radius 1 is 0.731 bits per heavy atom. The van der Waals surface area contributed by atoms with Crippen molar-refractivity contribution in [3.05, 3.63) is 108 Å². The molecule has 1 atom stereocenters. The van der Waals surface area contributed by atoms with Crippen molar-refractivity contribution in [1.82, 2.24) is 0 Å². The minimum absolute atomic E-state index is 0.234. The highest BCUT2D eigenvalue weighted by atomic mass is 16.5. The Labute approximate surface area is 155 Å². The maximum Gasteiger partial charge on any atom is 0.143 e. The van der Waals surface area contributed by atoms with Gasteiger partial charge in [-0.2, -0.15) is 0 Å². The number of hydrogen-bond donors (Lipinski definition) is 2. The molecule has 3 nitrogen and oxygen atoms in total. The third-order valence-corrected chi connectivity index (χ3v) is 4.58. The molecule has 0 aliphatic rings.